The van der Waals surface area contributed by atoms with Gasteiger partial charge < -0.3 is 0 Å². The highest BCUT2D eigenvalue weighted by Crippen LogP contribution is 2.37. The van der Waals surface area contributed by atoms with Crippen LogP contribution in [0.3, 0.4) is 0 Å². The lowest BCUT2D eigenvalue weighted by Gasteiger charge is -2.25. The van der Waals surface area contributed by atoms with Crippen molar-refractivity contribution in [3.63, 3.8) is 0 Å². The predicted octanol–water partition coefficient (Wildman–Crippen LogP) is 6.05. The highest BCUT2D eigenvalue weighted by Gasteiger charge is 2.21. The Labute approximate surface area is 117 Å². The molecule has 2 rings (SSSR count). The van der Waals surface area contributed by atoms with E-state index in [9.17, 15) is 4.39 Å². The van der Waals surface area contributed by atoms with Crippen LogP contribution in [0.25, 0.3) is 0 Å². The van der Waals surface area contributed by atoms with E-state index in [0.29, 0.717) is 6.42 Å². The molecule has 2 aliphatic carbocycles. The lowest BCUT2D eigenvalue weighted by atomic mass is 9.81. The Balaban J connectivity index is 2.13. The Bertz CT molecular complexity index is 415. The SMILES string of the molecule is CCC1=C(C2=CC=C(CC(C)(C)F)CC2)CCCC1. The quantitative estimate of drug-likeness (QED) is 0.578. The van der Waals surface area contributed by atoms with Gasteiger partial charge in [-0.25, -0.2) is 4.39 Å². The molecule has 0 spiro atoms. The predicted molar refractivity (Wildman–Crippen MR) is 81.0 cm³/mol. The van der Waals surface area contributed by atoms with Gasteiger partial charge in [0.15, 0.2) is 0 Å². The monoisotopic (exact) mass is 262 g/mol. The molecule has 2 aliphatic rings. The summed E-state index contributed by atoms with van der Waals surface area (Å²) in [6.45, 7) is 5.62. The Morgan fingerprint density at radius 3 is 2.37 bits per heavy atom. The highest BCUT2D eigenvalue weighted by molar-refractivity contribution is 5.42. The number of alkyl halides is 1. The molecule has 19 heavy (non-hydrogen) atoms. The maximum Gasteiger partial charge on any atom is 0.109 e. The molecule has 0 atom stereocenters. The Morgan fingerprint density at radius 2 is 1.79 bits per heavy atom. The summed E-state index contributed by atoms with van der Waals surface area (Å²) in [4.78, 5) is 0. The van der Waals surface area contributed by atoms with Crippen LogP contribution < -0.4 is 0 Å². The third-order valence-corrected chi connectivity index (χ3v) is 4.28. The fraction of sp³-hybridized carbons (Fsp3) is 0.667. The lowest BCUT2D eigenvalue weighted by molar-refractivity contribution is 0.215. The first kappa shape index (κ1) is 14.6. The second-order valence-corrected chi connectivity index (χ2v) is 6.56. The zero-order valence-corrected chi connectivity index (χ0v) is 12.7. The van der Waals surface area contributed by atoms with Gasteiger partial charge in [0.05, 0.1) is 0 Å². The van der Waals surface area contributed by atoms with Crippen molar-refractivity contribution < 1.29 is 4.39 Å². The average molecular weight is 262 g/mol. The third kappa shape index (κ3) is 4.06. The Kier molecular flexibility index (Phi) is 4.65. The molecule has 0 fully saturated rings. The summed E-state index contributed by atoms with van der Waals surface area (Å²) in [6, 6.07) is 0. The second-order valence-electron chi connectivity index (χ2n) is 6.56. The standard InChI is InChI=1S/C18H27F/c1-4-15-7-5-6-8-17(15)16-11-9-14(10-12-16)13-18(2,3)19/h9,11H,4-8,10,12-13H2,1-3H3. The van der Waals surface area contributed by atoms with Crippen LogP contribution in [0.4, 0.5) is 4.39 Å². The first-order valence-corrected chi connectivity index (χ1v) is 7.78. The van der Waals surface area contributed by atoms with Gasteiger partial charge in [0.25, 0.3) is 0 Å². The van der Waals surface area contributed by atoms with Gasteiger partial charge in [0.1, 0.15) is 5.67 Å². The van der Waals surface area contributed by atoms with Crippen LogP contribution in [0.15, 0.2) is 34.4 Å². The smallest absolute Gasteiger partial charge is 0.109 e. The summed E-state index contributed by atoms with van der Waals surface area (Å²) in [7, 11) is 0. The van der Waals surface area contributed by atoms with Gasteiger partial charge in [-0.05, 0) is 69.9 Å². The van der Waals surface area contributed by atoms with Crippen LogP contribution >= 0.6 is 0 Å². The van der Waals surface area contributed by atoms with Crippen LogP contribution in [-0.2, 0) is 0 Å². The molecule has 0 aromatic carbocycles. The molecular formula is C18H27F. The topological polar surface area (TPSA) is 0 Å². The molecule has 0 saturated heterocycles. The van der Waals surface area contributed by atoms with E-state index < -0.39 is 5.67 Å². The minimum absolute atomic E-state index is 0.580. The summed E-state index contributed by atoms with van der Waals surface area (Å²) < 4.78 is 13.7. The van der Waals surface area contributed by atoms with E-state index in [1.807, 2.05) is 0 Å². The van der Waals surface area contributed by atoms with Gasteiger partial charge in [-0.1, -0.05) is 30.2 Å². The van der Waals surface area contributed by atoms with Crippen LogP contribution in [-0.4, -0.2) is 5.67 Å². The molecule has 0 heterocycles. The Morgan fingerprint density at radius 1 is 1.05 bits per heavy atom. The average Bonchev–Trinajstić information content (AvgIpc) is 2.38. The molecule has 0 bridgehead atoms. The molecule has 0 amide bonds. The van der Waals surface area contributed by atoms with Gasteiger partial charge in [0, 0.05) is 6.42 Å². The molecule has 0 unspecified atom stereocenters. The van der Waals surface area contributed by atoms with Crippen molar-refractivity contribution in [1.82, 2.24) is 0 Å². The summed E-state index contributed by atoms with van der Waals surface area (Å²) in [5.41, 5.74) is 5.02. The number of halogens is 1. The molecule has 0 aliphatic heterocycles. The van der Waals surface area contributed by atoms with E-state index in [1.165, 1.54) is 43.3 Å². The molecule has 1 heteroatoms. The van der Waals surface area contributed by atoms with Crippen molar-refractivity contribution in [2.24, 2.45) is 0 Å². The van der Waals surface area contributed by atoms with Gasteiger partial charge in [-0.2, -0.15) is 0 Å². The van der Waals surface area contributed by atoms with E-state index in [-0.39, 0.29) is 0 Å². The summed E-state index contributed by atoms with van der Waals surface area (Å²) in [5.74, 6) is 0. The number of hydrogen-bond donors (Lipinski definition) is 0. The lowest BCUT2D eigenvalue weighted by Crippen LogP contribution is -2.14. The first-order chi connectivity index (χ1) is 8.99. The van der Waals surface area contributed by atoms with Crippen LogP contribution in [0.2, 0.25) is 0 Å². The van der Waals surface area contributed by atoms with Gasteiger partial charge in [0.2, 0.25) is 0 Å². The summed E-state index contributed by atoms with van der Waals surface area (Å²) in [6.07, 6.45) is 13.6. The van der Waals surface area contributed by atoms with Crippen LogP contribution in [0.1, 0.15) is 72.1 Å². The molecule has 0 saturated carbocycles. The zero-order valence-electron chi connectivity index (χ0n) is 12.7. The van der Waals surface area contributed by atoms with Crippen LogP contribution in [0, 0.1) is 0 Å². The van der Waals surface area contributed by atoms with E-state index in [2.05, 4.69) is 19.1 Å². The normalized spacial score (nSPS) is 21.3. The van der Waals surface area contributed by atoms with E-state index in [1.54, 1.807) is 25.0 Å². The molecule has 0 nitrogen and oxygen atoms in total. The van der Waals surface area contributed by atoms with Gasteiger partial charge in [-0.15, -0.1) is 0 Å². The van der Waals surface area contributed by atoms with Crippen molar-refractivity contribution in [2.75, 3.05) is 0 Å². The fourth-order valence-electron chi connectivity index (χ4n) is 3.36. The van der Waals surface area contributed by atoms with E-state index in [0.717, 1.165) is 12.8 Å². The number of rotatable bonds is 4. The second kappa shape index (κ2) is 6.07. The number of allylic oxidation sites excluding steroid dienone is 6. The van der Waals surface area contributed by atoms with Crippen LogP contribution in [0.5, 0.6) is 0 Å². The van der Waals surface area contributed by atoms with Crippen molar-refractivity contribution in [2.45, 2.75) is 77.8 Å². The maximum atomic E-state index is 13.7. The van der Waals surface area contributed by atoms with Crippen molar-refractivity contribution >= 4 is 0 Å². The van der Waals surface area contributed by atoms with Crippen molar-refractivity contribution in [3.05, 3.63) is 34.4 Å². The molecule has 0 aromatic rings. The number of hydrogen-bond acceptors (Lipinski definition) is 0. The molecule has 106 valence electrons. The van der Waals surface area contributed by atoms with Crippen molar-refractivity contribution in [3.8, 4) is 0 Å². The zero-order chi connectivity index (χ0) is 13.9. The largest absolute Gasteiger partial charge is 0.244 e. The third-order valence-electron chi connectivity index (χ3n) is 4.28. The van der Waals surface area contributed by atoms with Gasteiger partial charge >= 0.3 is 0 Å². The van der Waals surface area contributed by atoms with E-state index >= 15 is 0 Å². The van der Waals surface area contributed by atoms with Crippen molar-refractivity contribution in [1.29, 1.82) is 0 Å². The first-order valence-electron chi connectivity index (χ1n) is 7.78. The maximum absolute atomic E-state index is 13.7. The van der Waals surface area contributed by atoms with Gasteiger partial charge in [-0.3, -0.25) is 0 Å². The molecule has 0 aromatic heterocycles. The highest BCUT2D eigenvalue weighted by atomic mass is 19.1. The molecular weight excluding hydrogens is 235 g/mol. The summed E-state index contributed by atoms with van der Waals surface area (Å²) >= 11 is 0. The minimum Gasteiger partial charge on any atom is -0.244 e. The summed E-state index contributed by atoms with van der Waals surface area (Å²) in [5, 5.41) is 0. The molecule has 0 N–H and O–H groups in total. The fourth-order valence-corrected chi connectivity index (χ4v) is 3.36. The molecule has 0 radical (unpaired) electrons. The minimum atomic E-state index is -1.07. The van der Waals surface area contributed by atoms with E-state index in [4.69, 9.17) is 0 Å². The Hall–Kier alpha value is -0.850.